The molecule has 0 aromatic heterocycles. The van der Waals surface area contributed by atoms with Crippen LogP contribution in [0, 0.1) is 0 Å². The highest BCUT2D eigenvalue weighted by Crippen LogP contribution is 2.10. The lowest BCUT2D eigenvalue weighted by atomic mass is 10.1. The number of benzene rings is 1. The van der Waals surface area contributed by atoms with Crippen molar-refractivity contribution < 1.29 is 14.3 Å². The van der Waals surface area contributed by atoms with Crippen LogP contribution in [-0.4, -0.2) is 36.5 Å². The molecule has 1 aromatic rings. The quantitative estimate of drug-likeness (QED) is 0.651. The summed E-state index contributed by atoms with van der Waals surface area (Å²) in [6.07, 6.45) is 2.91. The van der Waals surface area contributed by atoms with E-state index in [0.29, 0.717) is 12.1 Å². The molecular formula is C15H20N2O3. The highest BCUT2D eigenvalue weighted by atomic mass is 16.5. The SMILES string of the molecule is Nc1cccc(CCC(=O)OCC(=O)N2CCCC2)c1. The number of hydrogen-bond acceptors (Lipinski definition) is 4. The zero-order valence-corrected chi connectivity index (χ0v) is 11.5. The van der Waals surface area contributed by atoms with Crippen LogP contribution >= 0.6 is 0 Å². The maximum Gasteiger partial charge on any atom is 0.306 e. The van der Waals surface area contributed by atoms with Crippen molar-refractivity contribution in [3.8, 4) is 0 Å². The summed E-state index contributed by atoms with van der Waals surface area (Å²) in [7, 11) is 0. The number of ether oxygens (including phenoxy) is 1. The van der Waals surface area contributed by atoms with Crippen LogP contribution in [0.2, 0.25) is 0 Å². The minimum absolute atomic E-state index is 0.0974. The lowest BCUT2D eigenvalue weighted by Gasteiger charge is -2.14. The maximum atomic E-state index is 11.7. The Labute approximate surface area is 118 Å². The second-order valence-electron chi connectivity index (χ2n) is 4.99. The van der Waals surface area contributed by atoms with Gasteiger partial charge in [-0.25, -0.2) is 0 Å². The summed E-state index contributed by atoms with van der Waals surface area (Å²) in [5.74, 6) is -0.445. The van der Waals surface area contributed by atoms with Gasteiger partial charge in [0.2, 0.25) is 0 Å². The number of hydrogen-bond donors (Lipinski definition) is 1. The Bertz CT molecular complexity index is 482. The van der Waals surface area contributed by atoms with E-state index >= 15 is 0 Å². The van der Waals surface area contributed by atoms with Gasteiger partial charge in [0, 0.05) is 25.2 Å². The Balaban J connectivity index is 1.69. The van der Waals surface area contributed by atoms with Gasteiger partial charge in [-0.1, -0.05) is 12.1 Å². The molecular weight excluding hydrogens is 256 g/mol. The number of nitrogen functional groups attached to an aromatic ring is 1. The Morgan fingerprint density at radius 3 is 2.70 bits per heavy atom. The predicted octanol–water partition coefficient (Wildman–Crippen LogP) is 1.37. The van der Waals surface area contributed by atoms with Crippen LogP contribution in [0.4, 0.5) is 5.69 Å². The van der Waals surface area contributed by atoms with Crippen molar-refractivity contribution in [3.05, 3.63) is 29.8 Å². The van der Waals surface area contributed by atoms with Gasteiger partial charge in [0.1, 0.15) is 0 Å². The van der Waals surface area contributed by atoms with E-state index in [1.165, 1.54) is 0 Å². The third-order valence-electron chi connectivity index (χ3n) is 3.38. The number of esters is 1. The highest BCUT2D eigenvalue weighted by Gasteiger charge is 2.18. The van der Waals surface area contributed by atoms with Crippen LogP contribution in [0.5, 0.6) is 0 Å². The van der Waals surface area contributed by atoms with Crippen molar-refractivity contribution in [1.82, 2.24) is 4.90 Å². The standard InChI is InChI=1S/C15H20N2O3/c16-13-5-3-4-12(10-13)6-7-15(19)20-11-14(18)17-8-1-2-9-17/h3-5,10H,1-2,6-9,11,16H2. The van der Waals surface area contributed by atoms with Gasteiger partial charge >= 0.3 is 5.97 Å². The lowest BCUT2D eigenvalue weighted by Crippen LogP contribution is -2.32. The van der Waals surface area contributed by atoms with E-state index in [2.05, 4.69) is 0 Å². The molecule has 2 rings (SSSR count). The largest absolute Gasteiger partial charge is 0.456 e. The Morgan fingerprint density at radius 2 is 2.00 bits per heavy atom. The molecule has 1 fully saturated rings. The number of aryl methyl sites for hydroxylation is 1. The molecule has 1 aliphatic rings. The molecule has 1 amide bonds. The van der Waals surface area contributed by atoms with Gasteiger partial charge in [0.05, 0.1) is 0 Å². The third kappa shape index (κ3) is 4.26. The Kier molecular flexibility index (Phi) is 4.98. The first-order valence-electron chi connectivity index (χ1n) is 6.93. The van der Waals surface area contributed by atoms with Crippen molar-refractivity contribution in [2.24, 2.45) is 0 Å². The molecule has 0 bridgehead atoms. The maximum absolute atomic E-state index is 11.7. The number of carbonyl (C=O) groups excluding carboxylic acids is 2. The number of nitrogens with two attached hydrogens (primary N) is 1. The number of amides is 1. The molecule has 0 aliphatic carbocycles. The van der Waals surface area contributed by atoms with Gasteiger partial charge < -0.3 is 15.4 Å². The van der Waals surface area contributed by atoms with Crippen molar-refractivity contribution >= 4 is 17.6 Å². The molecule has 0 saturated carbocycles. The summed E-state index contributed by atoms with van der Waals surface area (Å²) < 4.78 is 5.01. The van der Waals surface area contributed by atoms with E-state index in [4.69, 9.17) is 10.5 Å². The zero-order chi connectivity index (χ0) is 14.4. The molecule has 20 heavy (non-hydrogen) atoms. The van der Waals surface area contributed by atoms with Crippen molar-refractivity contribution in [3.63, 3.8) is 0 Å². The molecule has 108 valence electrons. The fourth-order valence-electron chi connectivity index (χ4n) is 2.27. The molecule has 0 atom stereocenters. The third-order valence-corrected chi connectivity index (χ3v) is 3.38. The summed E-state index contributed by atoms with van der Waals surface area (Å²) >= 11 is 0. The number of nitrogens with zero attached hydrogens (tertiary/aromatic N) is 1. The average molecular weight is 276 g/mol. The van der Waals surface area contributed by atoms with Crippen molar-refractivity contribution in [2.75, 3.05) is 25.4 Å². The molecule has 5 nitrogen and oxygen atoms in total. The molecule has 2 N–H and O–H groups in total. The van der Waals surface area contributed by atoms with Crippen LogP contribution < -0.4 is 5.73 Å². The van der Waals surface area contributed by atoms with E-state index in [9.17, 15) is 9.59 Å². The first-order valence-corrected chi connectivity index (χ1v) is 6.93. The average Bonchev–Trinajstić information content (AvgIpc) is 2.97. The van der Waals surface area contributed by atoms with Crippen LogP contribution in [0.15, 0.2) is 24.3 Å². The van der Waals surface area contributed by atoms with Crippen LogP contribution in [0.25, 0.3) is 0 Å². The van der Waals surface area contributed by atoms with Gasteiger partial charge in [-0.15, -0.1) is 0 Å². The predicted molar refractivity (Wildman–Crippen MR) is 75.9 cm³/mol. The lowest BCUT2D eigenvalue weighted by molar-refractivity contribution is -0.151. The van der Waals surface area contributed by atoms with Gasteiger partial charge in [0.25, 0.3) is 5.91 Å². The minimum atomic E-state index is -0.347. The summed E-state index contributed by atoms with van der Waals surface area (Å²) in [6, 6.07) is 7.41. The van der Waals surface area contributed by atoms with Gasteiger partial charge in [-0.05, 0) is 37.0 Å². The summed E-state index contributed by atoms with van der Waals surface area (Å²) in [4.78, 5) is 25.0. The number of anilines is 1. The van der Waals surface area contributed by atoms with Gasteiger partial charge in [0.15, 0.2) is 6.61 Å². The topological polar surface area (TPSA) is 72.6 Å². The van der Waals surface area contributed by atoms with E-state index < -0.39 is 0 Å². The van der Waals surface area contributed by atoms with E-state index in [0.717, 1.165) is 31.5 Å². The molecule has 0 unspecified atom stereocenters. The molecule has 0 spiro atoms. The van der Waals surface area contributed by atoms with E-state index in [1.807, 2.05) is 18.2 Å². The fourth-order valence-corrected chi connectivity index (χ4v) is 2.27. The first-order chi connectivity index (χ1) is 9.65. The van der Waals surface area contributed by atoms with Crippen molar-refractivity contribution in [2.45, 2.75) is 25.7 Å². The van der Waals surface area contributed by atoms with E-state index in [-0.39, 0.29) is 24.9 Å². The monoisotopic (exact) mass is 276 g/mol. The summed E-state index contributed by atoms with van der Waals surface area (Å²) in [6.45, 7) is 1.41. The number of carbonyl (C=O) groups is 2. The number of rotatable bonds is 5. The second kappa shape index (κ2) is 6.93. The highest BCUT2D eigenvalue weighted by molar-refractivity contribution is 5.80. The molecule has 0 radical (unpaired) electrons. The minimum Gasteiger partial charge on any atom is -0.456 e. The fraction of sp³-hybridized carbons (Fsp3) is 0.467. The molecule has 1 saturated heterocycles. The Morgan fingerprint density at radius 1 is 1.25 bits per heavy atom. The Hall–Kier alpha value is -2.04. The molecule has 1 heterocycles. The molecule has 1 aromatic carbocycles. The van der Waals surface area contributed by atoms with E-state index in [1.54, 1.807) is 11.0 Å². The van der Waals surface area contributed by atoms with Crippen LogP contribution in [0.1, 0.15) is 24.8 Å². The van der Waals surface area contributed by atoms with Crippen molar-refractivity contribution in [1.29, 1.82) is 0 Å². The molecule has 5 heteroatoms. The summed E-state index contributed by atoms with van der Waals surface area (Å²) in [5.41, 5.74) is 7.34. The van der Waals surface area contributed by atoms with Crippen LogP contribution in [0.3, 0.4) is 0 Å². The second-order valence-corrected chi connectivity index (χ2v) is 4.99. The zero-order valence-electron chi connectivity index (χ0n) is 11.5. The first kappa shape index (κ1) is 14.4. The van der Waals surface area contributed by atoms with Gasteiger partial charge in [-0.2, -0.15) is 0 Å². The smallest absolute Gasteiger partial charge is 0.306 e. The molecule has 1 aliphatic heterocycles. The van der Waals surface area contributed by atoms with Gasteiger partial charge in [-0.3, -0.25) is 9.59 Å². The van der Waals surface area contributed by atoms with Crippen LogP contribution in [-0.2, 0) is 20.7 Å². The number of likely N-dealkylation sites (tertiary alicyclic amines) is 1. The summed E-state index contributed by atoms with van der Waals surface area (Å²) in [5, 5.41) is 0. The normalized spacial score (nSPS) is 14.3.